The molecule has 11 heteroatoms. The number of nitrogens with two attached hydrogens (primary N) is 1. The van der Waals surface area contributed by atoms with E-state index in [2.05, 4.69) is 18.7 Å². The number of likely N-dealkylation sites (tertiary alicyclic amines) is 1. The molecule has 4 aliphatic carbocycles. The van der Waals surface area contributed by atoms with Crippen molar-refractivity contribution in [3.8, 4) is 5.75 Å². The highest BCUT2D eigenvalue weighted by atomic mass is 16.3. The number of primary amides is 1. The van der Waals surface area contributed by atoms with Crippen molar-refractivity contribution in [2.75, 3.05) is 46.2 Å². The van der Waals surface area contributed by atoms with Crippen LogP contribution in [0.3, 0.4) is 0 Å². The van der Waals surface area contributed by atoms with E-state index in [4.69, 9.17) is 5.73 Å². The quantitative estimate of drug-likeness (QED) is 0.320. The molecule has 226 valence electrons. The second-order valence-electron chi connectivity index (χ2n) is 13.8. The fourth-order valence-corrected chi connectivity index (χ4v) is 8.46. The molecule has 0 radical (unpaired) electrons. The van der Waals surface area contributed by atoms with Crippen LogP contribution in [-0.4, -0.2) is 101 Å². The van der Waals surface area contributed by atoms with Crippen LogP contribution in [0.25, 0.3) is 0 Å². The number of piperidine rings is 1. The van der Waals surface area contributed by atoms with Crippen LogP contribution in [0.4, 0.5) is 5.69 Å². The van der Waals surface area contributed by atoms with Crippen LogP contribution in [0.5, 0.6) is 5.75 Å². The van der Waals surface area contributed by atoms with Crippen LogP contribution in [0.15, 0.2) is 28.7 Å². The Morgan fingerprint density at radius 3 is 2.24 bits per heavy atom. The number of nitrogens with zero attached hydrogens (tertiary/aromatic N) is 3. The smallest absolute Gasteiger partial charge is 0.255 e. The number of anilines is 1. The Hall–Kier alpha value is -3.41. The topological polar surface area (TPSA) is 168 Å². The number of carbonyl (C=O) groups excluding carboxylic acids is 3. The minimum absolute atomic E-state index is 0.0571. The first-order valence-corrected chi connectivity index (χ1v) is 14.5. The second-order valence-corrected chi connectivity index (χ2v) is 13.8. The van der Waals surface area contributed by atoms with Crippen LogP contribution in [0, 0.1) is 29.1 Å². The van der Waals surface area contributed by atoms with Crippen molar-refractivity contribution >= 4 is 23.2 Å². The highest BCUT2D eigenvalue weighted by Crippen LogP contribution is 2.62. The number of likely N-dealkylation sites (N-methyl/N-ethyl adjacent to an activating group) is 1. The predicted molar refractivity (Wildman–Crippen MR) is 154 cm³/mol. The number of aromatic hydroxyl groups is 1. The van der Waals surface area contributed by atoms with Crippen molar-refractivity contribution in [1.82, 2.24) is 9.80 Å². The summed E-state index contributed by atoms with van der Waals surface area (Å²) in [6.07, 6.45) is 0.325. The molecule has 0 bridgehead atoms. The lowest BCUT2D eigenvalue weighted by atomic mass is 9.58. The summed E-state index contributed by atoms with van der Waals surface area (Å²) in [5.74, 6) is -5.15. The Balaban J connectivity index is 1.46. The van der Waals surface area contributed by atoms with E-state index in [-0.39, 0.29) is 29.7 Å². The molecule has 1 aromatic rings. The van der Waals surface area contributed by atoms with Gasteiger partial charge in [-0.3, -0.25) is 24.2 Å². The highest BCUT2D eigenvalue weighted by molar-refractivity contribution is 6.25. The van der Waals surface area contributed by atoms with Gasteiger partial charge >= 0.3 is 0 Å². The molecule has 0 spiro atoms. The average molecular weight is 581 g/mol. The van der Waals surface area contributed by atoms with Gasteiger partial charge in [0.1, 0.15) is 22.8 Å². The first kappa shape index (κ1) is 28.7. The molecule has 1 aliphatic heterocycles. The number of Topliss-reactive ketones (excluding diaryl/α,β-unsaturated/α-hetero) is 2. The van der Waals surface area contributed by atoms with Crippen LogP contribution >= 0.6 is 0 Å². The number of benzene rings is 1. The number of hydrogen-bond donors (Lipinski definition) is 5. The standard InChI is InChI=1S/C31H40N4O7/c1-30(2)17-11-35(12-18(17)30)10-14-9-19(33(3)4)15-7-13-8-16-23(34(5)6)26(38)22(29(32)41)28(40)31(16,42)27(39)20(13)25(37)21(15)24(14)36/h9,13,16-18,23,36,38-39,42H,7-8,10-12H2,1-6H3,(H2,32,41)/t13-,16-,17?,18?,23-,31-/m0/s1. The molecule has 11 nitrogen and oxygen atoms in total. The van der Waals surface area contributed by atoms with E-state index in [0.717, 1.165) is 18.8 Å². The zero-order valence-electron chi connectivity index (χ0n) is 24.9. The predicted octanol–water partition coefficient (Wildman–Crippen LogP) is 1.27. The Kier molecular flexibility index (Phi) is 6.18. The highest BCUT2D eigenvalue weighted by Gasteiger charge is 2.64. The van der Waals surface area contributed by atoms with Crippen LogP contribution in [0.2, 0.25) is 0 Å². The van der Waals surface area contributed by atoms with Gasteiger partial charge in [0.05, 0.1) is 11.6 Å². The summed E-state index contributed by atoms with van der Waals surface area (Å²) < 4.78 is 0. The van der Waals surface area contributed by atoms with Crippen LogP contribution in [0.1, 0.15) is 41.8 Å². The first-order chi connectivity index (χ1) is 19.5. The zero-order valence-corrected chi connectivity index (χ0v) is 24.9. The molecule has 1 amide bonds. The Morgan fingerprint density at radius 1 is 1.07 bits per heavy atom. The number of phenolic OH excluding ortho intramolecular Hbond substituents is 1. The fourth-order valence-electron chi connectivity index (χ4n) is 8.46. The molecule has 6 rings (SSSR count). The van der Waals surface area contributed by atoms with Gasteiger partial charge in [0, 0.05) is 56.5 Å². The summed E-state index contributed by atoms with van der Waals surface area (Å²) in [7, 11) is 6.96. The van der Waals surface area contributed by atoms with Crippen molar-refractivity contribution in [3.05, 3.63) is 45.4 Å². The van der Waals surface area contributed by atoms with E-state index < -0.39 is 58.0 Å². The van der Waals surface area contributed by atoms with Crippen molar-refractivity contribution in [3.63, 3.8) is 0 Å². The van der Waals surface area contributed by atoms with Crippen LogP contribution < -0.4 is 10.6 Å². The van der Waals surface area contributed by atoms with E-state index in [9.17, 15) is 34.8 Å². The maximum atomic E-state index is 14.2. The lowest BCUT2D eigenvalue weighted by Crippen LogP contribution is -2.63. The molecular formula is C31H40N4O7. The normalized spacial score (nSPS) is 33.4. The third kappa shape index (κ3) is 3.66. The molecule has 1 aromatic carbocycles. The second kappa shape index (κ2) is 9.05. The zero-order chi connectivity index (χ0) is 30.8. The molecule has 1 saturated carbocycles. The molecule has 6 atom stereocenters. The van der Waals surface area contributed by atoms with Crippen molar-refractivity contribution in [2.24, 2.45) is 34.8 Å². The van der Waals surface area contributed by atoms with E-state index >= 15 is 0 Å². The molecule has 1 heterocycles. The van der Waals surface area contributed by atoms with E-state index in [1.165, 1.54) is 0 Å². The molecule has 6 N–H and O–H groups in total. The van der Waals surface area contributed by atoms with Gasteiger partial charge in [-0.05, 0) is 61.7 Å². The van der Waals surface area contributed by atoms with E-state index in [1.54, 1.807) is 19.0 Å². The van der Waals surface area contributed by atoms with Gasteiger partial charge in [-0.25, -0.2) is 0 Å². The lowest BCUT2D eigenvalue weighted by molar-refractivity contribution is -0.148. The summed E-state index contributed by atoms with van der Waals surface area (Å²) in [5, 5.41) is 45.9. The monoisotopic (exact) mass is 580 g/mol. The first-order valence-electron chi connectivity index (χ1n) is 14.5. The number of phenols is 1. The summed E-state index contributed by atoms with van der Waals surface area (Å²) in [5.41, 5.74) is 4.21. The van der Waals surface area contributed by atoms with Gasteiger partial charge in [0.25, 0.3) is 5.91 Å². The largest absolute Gasteiger partial charge is 0.510 e. The third-order valence-corrected chi connectivity index (χ3v) is 10.9. The van der Waals surface area contributed by atoms with Gasteiger partial charge in [-0.1, -0.05) is 13.8 Å². The summed E-state index contributed by atoms with van der Waals surface area (Å²) >= 11 is 0. The SMILES string of the molecule is CN(C)c1cc(CN2CC3C(C2)C3(C)C)c(O)c2c1C[C@H]1C[C@H]3[C@H](N(C)C)C(O)=C(C(N)=O)C(=O)[C@@]3(O)C(O)=C1C2=O. The number of ketones is 2. The molecule has 1 saturated heterocycles. The minimum atomic E-state index is -2.65. The Bertz CT molecular complexity index is 1490. The Morgan fingerprint density at radius 2 is 1.69 bits per heavy atom. The number of aliphatic hydroxyl groups excluding tert-OH is 2. The molecule has 42 heavy (non-hydrogen) atoms. The number of amides is 1. The maximum Gasteiger partial charge on any atom is 0.255 e. The van der Waals surface area contributed by atoms with Crippen molar-refractivity contribution in [1.29, 1.82) is 0 Å². The molecule has 0 aromatic heterocycles. The summed E-state index contributed by atoms with van der Waals surface area (Å²) in [6, 6.07) is 0.904. The van der Waals surface area contributed by atoms with Crippen LogP contribution in [-0.2, 0) is 22.6 Å². The van der Waals surface area contributed by atoms with Gasteiger partial charge in [0.2, 0.25) is 5.78 Å². The average Bonchev–Trinajstić information content (AvgIpc) is 3.19. The Labute approximate surface area is 244 Å². The van der Waals surface area contributed by atoms with Gasteiger partial charge in [-0.2, -0.15) is 0 Å². The number of aliphatic hydroxyl groups is 3. The molecule has 5 aliphatic rings. The van der Waals surface area contributed by atoms with E-state index in [1.807, 2.05) is 25.1 Å². The third-order valence-electron chi connectivity index (χ3n) is 10.9. The summed E-state index contributed by atoms with van der Waals surface area (Å²) in [6.45, 7) is 6.85. The number of fused-ring (bicyclic) bond motifs is 4. The lowest BCUT2D eigenvalue weighted by Gasteiger charge is -2.50. The number of rotatable bonds is 5. The maximum absolute atomic E-state index is 14.2. The molecule has 2 unspecified atom stereocenters. The summed E-state index contributed by atoms with van der Waals surface area (Å²) in [4.78, 5) is 45.7. The van der Waals surface area contributed by atoms with Crippen molar-refractivity contribution in [2.45, 2.75) is 44.9 Å². The molecular weight excluding hydrogens is 540 g/mol. The van der Waals surface area contributed by atoms with Gasteiger partial charge < -0.3 is 31.1 Å². The fraction of sp³-hybridized carbons (Fsp3) is 0.581. The number of carbonyl (C=O) groups is 3. The number of allylic oxidation sites excluding steroid dienone is 1. The van der Waals surface area contributed by atoms with E-state index in [0.29, 0.717) is 34.9 Å². The van der Waals surface area contributed by atoms with Gasteiger partial charge in [0.15, 0.2) is 11.4 Å². The molecule has 2 fully saturated rings. The minimum Gasteiger partial charge on any atom is -0.510 e. The van der Waals surface area contributed by atoms with Crippen molar-refractivity contribution < 1.29 is 34.8 Å². The van der Waals surface area contributed by atoms with Gasteiger partial charge in [-0.15, -0.1) is 0 Å². The number of hydrogen-bond acceptors (Lipinski definition) is 10.